The minimum atomic E-state index is -0.309. The third-order valence-corrected chi connectivity index (χ3v) is 5.03. The first-order valence-corrected chi connectivity index (χ1v) is 10.0. The van der Waals surface area contributed by atoms with Crippen molar-refractivity contribution in [3.63, 3.8) is 0 Å². The number of aromatic nitrogens is 3. The maximum absolute atomic E-state index is 12.5. The molecule has 0 bridgehead atoms. The summed E-state index contributed by atoms with van der Waals surface area (Å²) in [5.41, 5.74) is 1.07. The zero-order chi connectivity index (χ0) is 21.7. The smallest absolute Gasteiger partial charge is 0.277 e. The quantitative estimate of drug-likeness (QED) is 0.625. The Morgan fingerprint density at radius 3 is 2.57 bits per heavy atom. The number of hydrogen-bond donors (Lipinski definition) is 1. The van der Waals surface area contributed by atoms with Crippen molar-refractivity contribution in [2.45, 2.75) is 26.8 Å². The number of rotatable bonds is 7. The van der Waals surface area contributed by atoms with Crippen LogP contribution >= 0.6 is 11.6 Å². The van der Waals surface area contributed by atoms with Crippen LogP contribution in [0.2, 0.25) is 5.02 Å². The molecule has 1 aromatic heterocycles. The maximum Gasteiger partial charge on any atom is 0.277 e. The Bertz CT molecular complexity index is 1140. The highest BCUT2D eigenvalue weighted by molar-refractivity contribution is 6.34. The van der Waals surface area contributed by atoms with E-state index >= 15 is 0 Å². The third-order valence-electron chi connectivity index (χ3n) is 4.71. The van der Waals surface area contributed by atoms with Crippen molar-refractivity contribution < 1.29 is 9.59 Å². The Morgan fingerprint density at radius 1 is 1.13 bits per heavy atom. The molecule has 156 valence electrons. The Labute approximate surface area is 178 Å². The number of halogens is 1. The molecule has 0 aliphatic carbocycles. The van der Waals surface area contributed by atoms with E-state index in [1.54, 1.807) is 41.3 Å². The molecule has 1 heterocycles. The Hall–Kier alpha value is -3.26. The van der Waals surface area contributed by atoms with E-state index in [4.69, 9.17) is 11.6 Å². The zero-order valence-corrected chi connectivity index (χ0v) is 17.5. The van der Waals surface area contributed by atoms with E-state index in [0.717, 1.165) is 0 Å². The summed E-state index contributed by atoms with van der Waals surface area (Å²) in [5.74, 6) is -0.465. The molecule has 0 saturated heterocycles. The van der Waals surface area contributed by atoms with E-state index < -0.39 is 0 Å². The number of nitrogens with one attached hydrogen (secondary N) is 1. The van der Waals surface area contributed by atoms with Crippen molar-refractivity contribution in [1.29, 1.82) is 0 Å². The summed E-state index contributed by atoms with van der Waals surface area (Å²) in [7, 11) is 0. The van der Waals surface area contributed by atoms with Gasteiger partial charge in [0.1, 0.15) is 5.52 Å². The Balaban J connectivity index is 1.65. The molecule has 0 spiro atoms. The number of carbonyl (C=O) groups excluding carboxylic acids is 2. The van der Waals surface area contributed by atoms with Gasteiger partial charge in [0.05, 0.1) is 22.5 Å². The molecule has 0 aliphatic rings. The van der Waals surface area contributed by atoms with E-state index in [-0.39, 0.29) is 35.4 Å². The fourth-order valence-corrected chi connectivity index (χ4v) is 3.31. The molecule has 0 saturated carbocycles. The molecule has 30 heavy (non-hydrogen) atoms. The lowest BCUT2D eigenvalue weighted by Crippen LogP contribution is -2.30. The fourth-order valence-electron chi connectivity index (χ4n) is 3.05. The van der Waals surface area contributed by atoms with Gasteiger partial charge in [-0.3, -0.25) is 14.4 Å². The van der Waals surface area contributed by atoms with Crippen molar-refractivity contribution >= 4 is 40.0 Å². The number of anilines is 1. The van der Waals surface area contributed by atoms with Gasteiger partial charge in [-0.2, -0.15) is 0 Å². The van der Waals surface area contributed by atoms with Crippen molar-refractivity contribution in [3.05, 3.63) is 63.4 Å². The van der Waals surface area contributed by atoms with Crippen LogP contribution in [0.15, 0.2) is 47.3 Å². The van der Waals surface area contributed by atoms with Gasteiger partial charge in [0.15, 0.2) is 0 Å². The summed E-state index contributed by atoms with van der Waals surface area (Å²) in [6, 6.07) is 11.7. The number of hydrogen-bond acceptors (Lipinski definition) is 5. The SMILES string of the molecule is CCN(CC)C(=O)c1ccc(NC(=O)CCn2nnc3ccccc3c2=O)cc1Cl. The Kier molecular flexibility index (Phi) is 6.79. The lowest BCUT2D eigenvalue weighted by Gasteiger charge is -2.19. The monoisotopic (exact) mass is 427 g/mol. The molecule has 0 atom stereocenters. The van der Waals surface area contributed by atoms with Gasteiger partial charge in [-0.25, -0.2) is 4.68 Å². The second-order valence-corrected chi connectivity index (χ2v) is 7.01. The predicted molar refractivity (Wildman–Crippen MR) is 116 cm³/mol. The molecule has 3 aromatic rings. The predicted octanol–water partition coefficient (Wildman–Crippen LogP) is 2.96. The fraction of sp³-hybridized carbons (Fsp3) is 0.286. The molecule has 0 aliphatic heterocycles. The maximum atomic E-state index is 12.5. The third kappa shape index (κ3) is 4.65. The topological polar surface area (TPSA) is 97.2 Å². The Morgan fingerprint density at radius 2 is 1.87 bits per heavy atom. The molecule has 2 amide bonds. The second kappa shape index (κ2) is 9.49. The summed E-state index contributed by atoms with van der Waals surface area (Å²) in [5, 5.41) is 11.3. The van der Waals surface area contributed by atoms with Crippen molar-refractivity contribution in [1.82, 2.24) is 19.9 Å². The minimum Gasteiger partial charge on any atom is -0.339 e. The largest absolute Gasteiger partial charge is 0.339 e. The summed E-state index contributed by atoms with van der Waals surface area (Å²) in [6.07, 6.45) is 0.0324. The van der Waals surface area contributed by atoms with Crippen LogP contribution in [0, 0.1) is 0 Å². The van der Waals surface area contributed by atoms with Crippen molar-refractivity contribution in [2.24, 2.45) is 0 Å². The number of fused-ring (bicyclic) bond motifs is 1. The van der Waals surface area contributed by atoms with Gasteiger partial charge in [0.25, 0.3) is 11.5 Å². The zero-order valence-electron chi connectivity index (χ0n) is 16.8. The first-order valence-electron chi connectivity index (χ1n) is 9.65. The summed E-state index contributed by atoms with van der Waals surface area (Å²) in [4.78, 5) is 38.8. The molecular weight excluding hydrogens is 406 g/mol. The first kappa shape index (κ1) is 21.4. The summed E-state index contributed by atoms with van der Waals surface area (Å²) < 4.78 is 1.17. The van der Waals surface area contributed by atoms with Crippen LogP contribution in [-0.2, 0) is 11.3 Å². The lowest BCUT2D eigenvalue weighted by atomic mass is 10.1. The average Bonchev–Trinajstić information content (AvgIpc) is 2.74. The number of amides is 2. The number of nitrogens with zero attached hydrogens (tertiary/aromatic N) is 4. The minimum absolute atomic E-state index is 0.0324. The lowest BCUT2D eigenvalue weighted by molar-refractivity contribution is -0.116. The van der Waals surface area contributed by atoms with Crippen LogP contribution in [0.5, 0.6) is 0 Å². The van der Waals surface area contributed by atoms with E-state index in [9.17, 15) is 14.4 Å². The highest BCUT2D eigenvalue weighted by atomic mass is 35.5. The molecule has 2 aromatic carbocycles. The average molecular weight is 428 g/mol. The van der Waals surface area contributed by atoms with Crippen LogP contribution in [0.1, 0.15) is 30.6 Å². The molecule has 0 fully saturated rings. The molecule has 8 nitrogen and oxygen atoms in total. The van der Waals surface area contributed by atoms with E-state index in [2.05, 4.69) is 15.6 Å². The van der Waals surface area contributed by atoms with Gasteiger partial charge in [-0.15, -0.1) is 5.10 Å². The van der Waals surface area contributed by atoms with E-state index in [1.165, 1.54) is 10.7 Å². The van der Waals surface area contributed by atoms with Crippen LogP contribution in [0.25, 0.3) is 10.9 Å². The number of benzene rings is 2. The van der Waals surface area contributed by atoms with Gasteiger partial charge >= 0.3 is 0 Å². The van der Waals surface area contributed by atoms with Crippen molar-refractivity contribution in [3.8, 4) is 0 Å². The molecular formula is C21H22ClN5O3. The highest BCUT2D eigenvalue weighted by Crippen LogP contribution is 2.22. The molecule has 0 unspecified atom stereocenters. The van der Waals surface area contributed by atoms with Gasteiger partial charge in [-0.1, -0.05) is 28.9 Å². The second-order valence-electron chi connectivity index (χ2n) is 6.61. The normalized spacial score (nSPS) is 10.8. The molecule has 0 radical (unpaired) electrons. The van der Waals surface area contributed by atoms with Crippen LogP contribution in [0.3, 0.4) is 0 Å². The van der Waals surface area contributed by atoms with Gasteiger partial charge in [-0.05, 0) is 44.2 Å². The van der Waals surface area contributed by atoms with Crippen LogP contribution < -0.4 is 10.9 Å². The van der Waals surface area contributed by atoms with E-state index in [1.807, 2.05) is 13.8 Å². The molecule has 9 heteroatoms. The summed E-state index contributed by atoms with van der Waals surface area (Å²) >= 11 is 6.25. The van der Waals surface area contributed by atoms with Gasteiger partial charge in [0.2, 0.25) is 5.91 Å². The molecule has 3 rings (SSSR count). The number of carbonyl (C=O) groups is 2. The molecule has 1 N–H and O–H groups in total. The van der Waals surface area contributed by atoms with Crippen LogP contribution in [-0.4, -0.2) is 44.8 Å². The first-order chi connectivity index (χ1) is 14.4. The standard InChI is InChI=1S/C21H22ClN5O3/c1-3-26(4-2)20(29)15-10-9-14(13-17(15)22)23-19(28)11-12-27-21(30)16-7-5-6-8-18(16)24-25-27/h5-10,13H,3-4,11-12H2,1-2H3,(H,23,28). The highest BCUT2D eigenvalue weighted by Gasteiger charge is 2.16. The summed E-state index contributed by atoms with van der Waals surface area (Å²) in [6.45, 7) is 5.06. The van der Waals surface area contributed by atoms with Gasteiger partial charge < -0.3 is 10.2 Å². The van der Waals surface area contributed by atoms with Gasteiger partial charge in [0, 0.05) is 25.2 Å². The van der Waals surface area contributed by atoms with Crippen LogP contribution in [0.4, 0.5) is 5.69 Å². The number of aryl methyl sites for hydroxylation is 1. The van der Waals surface area contributed by atoms with E-state index in [0.29, 0.717) is 35.2 Å². The van der Waals surface area contributed by atoms with Crippen molar-refractivity contribution in [2.75, 3.05) is 18.4 Å².